The molecule has 0 saturated carbocycles. The van der Waals surface area contributed by atoms with Crippen molar-refractivity contribution in [2.24, 2.45) is 0 Å². The molecule has 0 aliphatic carbocycles. The van der Waals surface area contributed by atoms with E-state index in [9.17, 15) is 0 Å². The Morgan fingerprint density at radius 1 is 0.403 bits per heavy atom. The Morgan fingerprint density at radius 3 is 1.44 bits per heavy atom. The molecule has 0 aliphatic heterocycles. The summed E-state index contributed by atoms with van der Waals surface area (Å²) >= 11 is 0. The van der Waals surface area contributed by atoms with Crippen molar-refractivity contribution in [3.05, 3.63) is 249 Å². The second-order valence-corrected chi connectivity index (χ2v) is 13.8. The third kappa shape index (κ3) is 9.86. The normalized spacial score (nSPS) is 10.5. The van der Waals surface area contributed by atoms with Crippen molar-refractivity contribution in [2.75, 3.05) is 0 Å². The molecule has 62 heavy (non-hydrogen) atoms. The number of imidazole rings is 1. The van der Waals surface area contributed by atoms with Gasteiger partial charge in [-0.1, -0.05) is 109 Å². The first-order valence-electron chi connectivity index (χ1n) is 19.8. The van der Waals surface area contributed by atoms with E-state index >= 15 is 0 Å². The van der Waals surface area contributed by atoms with Crippen molar-refractivity contribution < 1.29 is 29.3 Å². The van der Waals surface area contributed by atoms with Gasteiger partial charge in [0.15, 0.2) is 0 Å². The zero-order chi connectivity index (χ0) is 41.1. The number of para-hydroxylation sites is 2. The van der Waals surface area contributed by atoms with E-state index in [2.05, 4.69) is 107 Å². The van der Waals surface area contributed by atoms with Crippen LogP contribution >= 0.6 is 0 Å². The van der Waals surface area contributed by atoms with Gasteiger partial charge in [-0.2, -0.15) is 24.3 Å². The topological polar surface area (TPSA) is 49.2 Å². The van der Waals surface area contributed by atoms with Crippen molar-refractivity contribution in [3.63, 3.8) is 0 Å². The van der Waals surface area contributed by atoms with E-state index in [0.29, 0.717) is 23.0 Å². The molecule has 0 saturated heterocycles. The maximum atomic E-state index is 6.19. The van der Waals surface area contributed by atoms with Crippen LogP contribution in [-0.2, 0) is 19.8 Å². The molecule has 0 N–H and O–H groups in total. The Balaban J connectivity index is 0.000000233. The van der Waals surface area contributed by atoms with Crippen LogP contribution in [0.1, 0.15) is 0 Å². The zero-order valence-corrected chi connectivity index (χ0v) is 35.8. The van der Waals surface area contributed by atoms with Crippen LogP contribution in [0.3, 0.4) is 0 Å². The molecular weight excluding hydrogens is 937 g/mol. The molecule has 8 aromatic carbocycles. The van der Waals surface area contributed by atoms with E-state index in [1.807, 2.05) is 146 Å². The molecule has 0 amide bonds. The summed E-state index contributed by atoms with van der Waals surface area (Å²) in [6.07, 6.45) is 3.82. The summed E-state index contributed by atoms with van der Waals surface area (Å²) in [6, 6.07) is 83.9. The fourth-order valence-corrected chi connectivity index (χ4v) is 6.89. The monoisotopic (exact) mass is 974 g/mol. The number of hydrogen-bond acceptors (Lipinski definition) is 4. The summed E-state index contributed by atoms with van der Waals surface area (Å²) in [4.78, 5) is 9.44. The Bertz CT molecular complexity index is 2850. The van der Waals surface area contributed by atoms with Crippen LogP contribution in [0.4, 0.5) is 0 Å². The van der Waals surface area contributed by atoms with Gasteiger partial charge in [-0.05, 0) is 22.5 Å². The number of hydrogen-bond donors (Lipinski definition) is 0. The summed E-state index contributed by atoms with van der Waals surface area (Å²) in [5, 5.41) is 0. The summed E-state index contributed by atoms with van der Waals surface area (Å²) in [5.74, 6) is 2.98. The number of rotatable bonds is 10. The maximum Gasteiger partial charge on any atom is 5.00 e. The Labute approximate surface area is 375 Å². The van der Waals surface area contributed by atoms with Gasteiger partial charge in [0.2, 0.25) is 0 Å². The fourth-order valence-electron chi connectivity index (χ4n) is 6.89. The van der Waals surface area contributed by atoms with E-state index < -0.39 is 0 Å². The fraction of sp³-hybridized carbons (Fsp3) is 0. The molecule has 0 aliphatic rings. The van der Waals surface area contributed by atoms with Gasteiger partial charge >= 0.3 is 19.8 Å². The predicted octanol–water partition coefficient (Wildman–Crippen LogP) is 13.9. The minimum Gasteiger partial charge on any atom is -0.509 e. The Hall–Kier alpha value is -7.64. The molecule has 1 radical (unpaired) electrons. The second-order valence-electron chi connectivity index (χ2n) is 13.8. The van der Waals surface area contributed by atoms with E-state index in [1.165, 1.54) is 0 Å². The van der Waals surface area contributed by atoms with Gasteiger partial charge in [-0.15, -0.1) is 120 Å². The van der Waals surface area contributed by atoms with Crippen molar-refractivity contribution in [1.29, 1.82) is 0 Å². The van der Waals surface area contributed by atoms with Crippen LogP contribution in [0, 0.1) is 30.3 Å². The first-order chi connectivity index (χ1) is 30.2. The first kappa shape index (κ1) is 41.1. The molecule has 295 valence electrons. The average molecular weight is 973 g/mol. The van der Waals surface area contributed by atoms with E-state index in [1.54, 1.807) is 6.07 Å². The number of aromatic nitrogens is 3. The molecule has 5 nitrogen and oxygen atoms in total. The van der Waals surface area contributed by atoms with Gasteiger partial charge in [0.25, 0.3) is 0 Å². The molecular formula is C56H36N3O2Os. The number of pyridine rings is 1. The zero-order valence-electron chi connectivity index (χ0n) is 33.3. The Kier molecular flexibility index (Phi) is 13.3. The second kappa shape index (κ2) is 20.1. The van der Waals surface area contributed by atoms with Crippen LogP contribution in [0.5, 0.6) is 23.0 Å². The molecule has 0 atom stereocenters. The standard InChI is InChI=1S/C39H25N2O2.C17H11N.Os/c1-4-13-29(14-5-1)36-23-12-24-37(30-15-6-2-7-16-30)38(36)41-26-25-40-39(41)31-17-10-20-33(27-31)43-35-22-11-21-34(28-35)42-32-18-8-3-9-19-32;1-3-8-14(9-4-1)16-12-7-13-17(18-16)15-10-5-2-6-11-15;/h1-18,20-26H;1-8,10,12-13H;/q-3;-2;+5. The number of benzene rings is 8. The summed E-state index contributed by atoms with van der Waals surface area (Å²) in [6.45, 7) is 0. The van der Waals surface area contributed by atoms with Crippen LogP contribution in [0.15, 0.2) is 219 Å². The Morgan fingerprint density at radius 2 is 0.871 bits per heavy atom. The van der Waals surface area contributed by atoms with E-state index in [-0.39, 0.29) is 19.8 Å². The average Bonchev–Trinajstić information content (AvgIpc) is 3.83. The van der Waals surface area contributed by atoms with Gasteiger partial charge in [0.1, 0.15) is 0 Å². The number of nitrogens with zero attached hydrogens (tertiary/aromatic N) is 3. The van der Waals surface area contributed by atoms with E-state index in [4.69, 9.17) is 14.5 Å². The minimum absolute atomic E-state index is 0. The molecule has 10 aromatic rings. The molecule has 0 unspecified atom stereocenters. The quantitative estimate of drug-likeness (QED) is 0.128. The van der Waals surface area contributed by atoms with Crippen LogP contribution in [-0.4, -0.2) is 14.5 Å². The largest absolute Gasteiger partial charge is 5.00 e. The molecule has 0 spiro atoms. The van der Waals surface area contributed by atoms with Gasteiger partial charge < -0.3 is 19.0 Å². The summed E-state index contributed by atoms with van der Waals surface area (Å²) in [5.41, 5.74) is 10.2. The first-order valence-corrected chi connectivity index (χ1v) is 19.8. The molecule has 2 aromatic heterocycles. The van der Waals surface area contributed by atoms with Gasteiger partial charge in [0, 0.05) is 46.5 Å². The van der Waals surface area contributed by atoms with Crippen molar-refractivity contribution in [2.45, 2.75) is 0 Å². The maximum absolute atomic E-state index is 6.19. The molecule has 2 heterocycles. The molecule has 0 bridgehead atoms. The van der Waals surface area contributed by atoms with Crippen LogP contribution < -0.4 is 9.47 Å². The van der Waals surface area contributed by atoms with E-state index in [0.717, 1.165) is 61.8 Å². The summed E-state index contributed by atoms with van der Waals surface area (Å²) < 4.78 is 14.2. The van der Waals surface area contributed by atoms with Crippen molar-refractivity contribution in [3.8, 4) is 84.8 Å². The molecule has 10 rings (SSSR count). The third-order valence-corrected chi connectivity index (χ3v) is 9.68. The summed E-state index contributed by atoms with van der Waals surface area (Å²) in [7, 11) is 0. The van der Waals surface area contributed by atoms with Gasteiger partial charge in [-0.3, -0.25) is 4.98 Å². The van der Waals surface area contributed by atoms with Gasteiger partial charge in [-0.25, -0.2) is 0 Å². The molecule has 6 heteroatoms. The SMILES string of the molecule is [Os+5].[c-]1ccccc1-c1cccc(-c2[c-]cccc2)n1.[c-]1ccccc1Oc1[c-]c(Oc2[c-]c(-c3nccn3-c3c(-c4ccccc4)cccc3-c3ccccc3)ccc2)ccc1. The minimum atomic E-state index is 0. The number of ether oxygens (including phenoxy) is 2. The molecule has 0 fully saturated rings. The third-order valence-electron chi connectivity index (χ3n) is 9.68. The smallest absolute Gasteiger partial charge is 0.509 e. The van der Waals surface area contributed by atoms with Crippen LogP contribution in [0.25, 0.3) is 61.8 Å². The van der Waals surface area contributed by atoms with Crippen molar-refractivity contribution >= 4 is 0 Å². The van der Waals surface area contributed by atoms with Crippen LogP contribution in [0.2, 0.25) is 0 Å². The predicted molar refractivity (Wildman–Crippen MR) is 242 cm³/mol. The van der Waals surface area contributed by atoms with Crippen molar-refractivity contribution in [1.82, 2.24) is 14.5 Å². The van der Waals surface area contributed by atoms with Gasteiger partial charge in [0.05, 0.1) is 11.5 Å².